The Balaban J connectivity index is 1.89. The van der Waals surface area contributed by atoms with Crippen molar-refractivity contribution in [3.8, 4) is 0 Å². The first-order valence-corrected chi connectivity index (χ1v) is 8.01. The summed E-state index contributed by atoms with van der Waals surface area (Å²) < 4.78 is 10.3. The highest BCUT2D eigenvalue weighted by Crippen LogP contribution is 2.35. The number of hydrogen-bond donors (Lipinski definition) is 1. The highest BCUT2D eigenvalue weighted by molar-refractivity contribution is 7.12. The third-order valence-corrected chi connectivity index (χ3v) is 5.19. The summed E-state index contributed by atoms with van der Waals surface area (Å²) in [6, 6.07) is 5.77. The molecule has 1 N–H and O–H groups in total. The van der Waals surface area contributed by atoms with Crippen LogP contribution in [0.3, 0.4) is 0 Å². The lowest BCUT2D eigenvalue weighted by atomic mass is 9.98. The predicted octanol–water partition coefficient (Wildman–Crippen LogP) is 3.32. The molecule has 0 fully saturated rings. The van der Waals surface area contributed by atoms with Gasteiger partial charge in [0.05, 0.1) is 7.11 Å². The zero-order valence-electron chi connectivity index (χ0n) is 12.3. The number of aryl methyl sites for hydroxylation is 2. The Bertz CT molecular complexity index is 620. The standard InChI is InChI=1S/C16H19NO3S/c1-17-15(11-7-8-12(20-11)16(18)19-2)14-9-10-5-3-4-6-13(10)21-14/h7-9,15,17H,3-6H2,1-2H3. The molecule has 0 aliphatic heterocycles. The lowest BCUT2D eigenvalue weighted by molar-refractivity contribution is 0.0562. The second kappa shape index (κ2) is 6.03. The van der Waals surface area contributed by atoms with Crippen LogP contribution in [-0.4, -0.2) is 20.1 Å². The molecular weight excluding hydrogens is 286 g/mol. The van der Waals surface area contributed by atoms with Crippen LogP contribution >= 0.6 is 11.3 Å². The number of thiophene rings is 1. The molecule has 0 saturated carbocycles. The van der Waals surface area contributed by atoms with Crippen molar-refractivity contribution in [2.75, 3.05) is 14.2 Å². The van der Waals surface area contributed by atoms with Gasteiger partial charge in [-0.25, -0.2) is 4.79 Å². The summed E-state index contributed by atoms with van der Waals surface area (Å²) in [5.41, 5.74) is 1.47. The summed E-state index contributed by atoms with van der Waals surface area (Å²) in [6.07, 6.45) is 4.92. The first kappa shape index (κ1) is 14.4. The number of rotatable bonds is 4. The topological polar surface area (TPSA) is 51.5 Å². The van der Waals surface area contributed by atoms with Crippen LogP contribution in [0, 0.1) is 0 Å². The minimum Gasteiger partial charge on any atom is -0.463 e. The lowest BCUT2D eigenvalue weighted by Crippen LogP contribution is -2.15. The Morgan fingerprint density at radius 2 is 2.19 bits per heavy atom. The van der Waals surface area contributed by atoms with Gasteiger partial charge in [0.15, 0.2) is 0 Å². The molecule has 0 amide bonds. The normalized spacial score (nSPS) is 15.5. The van der Waals surface area contributed by atoms with E-state index in [0.29, 0.717) is 0 Å². The first-order valence-electron chi connectivity index (χ1n) is 7.19. The summed E-state index contributed by atoms with van der Waals surface area (Å²) in [5.74, 6) is 0.548. The molecule has 4 nitrogen and oxygen atoms in total. The van der Waals surface area contributed by atoms with Gasteiger partial charge in [-0.3, -0.25) is 0 Å². The van der Waals surface area contributed by atoms with Gasteiger partial charge < -0.3 is 14.5 Å². The van der Waals surface area contributed by atoms with E-state index in [9.17, 15) is 4.79 Å². The van der Waals surface area contributed by atoms with Crippen LogP contribution in [0.4, 0.5) is 0 Å². The van der Waals surface area contributed by atoms with E-state index in [4.69, 9.17) is 4.42 Å². The number of ether oxygens (including phenoxy) is 1. The molecule has 1 unspecified atom stereocenters. The zero-order valence-corrected chi connectivity index (χ0v) is 13.1. The molecule has 1 atom stereocenters. The van der Waals surface area contributed by atoms with Crippen LogP contribution in [0.1, 0.15) is 50.5 Å². The van der Waals surface area contributed by atoms with E-state index >= 15 is 0 Å². The van der Waals surface area contributed by atoms with Gasteiger partial charge >= 0.3 is 5.97 Å². The number of hydrogen-bond acceptors (Lipinski definition) is 5. The van der Waals surface area contributed by atoms with E-state index in [1.54, 1.807) is 6.07 Å². The molecular formula is C16H19NO3S. The van der Waals surface area contributed by atoms with E-state index in [1.165, 1.54) is 48.1 Å². The van der Waals surface area contributed by atoms with E-state index in [-0.39, 0.29) is 11.8 Å². The van der Waals surface area contributed by atoms with Gasteiger partial charge in [0.1, 0.15) is 11.8 Å². The fourth-order valence-corrected chi connectivity index (χ4v) is 4.17. The van der Waals surface area contributed by atoms with Crippen molar-refractivity contribution in [2.45, 2.75) is 31.7 Å². The highest BCUT2D eigenvalue weighted by atomic mass is 32.1. The van der Waals surface area contributed by atoms with Crippen molar-refractivity contribution in [1.29, 1.82) is 0 Å². The zero-order chi connectivity index (χ0) is 14.8. The molecule has 0 spiro atoms. The molecule has 0 saturated heterocycles. The van der Waals surface area contributed by atoms with E-state index in [1.807, 2.05) is 24.5 Å². The second-order valence-corrected chi connectivity index (χ2v) is 6.39. The Morgan fingerprint density at radius 3 is 2.90 bits per heavy atom. The lowest BCUT2D eigenvalue weighted by Gasteiger charge is -2.11. The largest absolute Gasteiger partial charge is 0.463 e. The van der Waals surface area contributed by atoms with Gasteiger partial charge in [-0.1, -0.05) is 0 Å². The van der Waals surface area contributed by atoms with Gasteiger partial charge in [-0.15, -0.1) is 11.3 Å². The fraction of sp³-hybridized carbons (Fsp3) is 0.438. The number of esters is 1. The molecule has 0 radical (unpaired) electrons. The minimum atomic E-state index is -0.443. The molecule has 1 aliphatic rings. The average Bonchev–Trinajstić information content (AvgIpc) is 3.14. The van der Waals surface area contributed by atoms with Crippen LogP contribution in [0.25, 0.3) is 0 Å². The smallest absolute Gasteiger partial charge is 0.373 e. The molecule has 1 aliphatic carbocycles. The third-order valence-electron chi connectivity index (χ3n) is 3.89. The molecule has 2 aromatic heterocycles. The van der Waals surface area contributed by atoms with Crippen molar-refractivity contribution in [3.05, 3.63) is 45.0 Å². The second-order valence-electron chi connectivity index (χ2n) is 5.22. The van der Waals surface area contributed by atoms with Crippen molar-refractivity contribution in [1.82, 2.24) is 5.32 Å². The van der Waals surface area contributed by atoms with Gasteiger partial charge in [-0.05, 0) is 56.5 Å². The van der Waals surface area contributed by atoms with Gasteiger partial charge in [0.25, 0.3) is 0 Å². The van der Waals surface area contributed by atoms with E-state index in [2.05, 4.69) is 16.1 Å². The maximum atomic E-state index is 11.5. The molecule has 2 heterocycles. The van der Waals surface area contributed by atoms with Crippen LogP contribution in [0.5, 0.6) is 0 Å². The van der Waals surface area contributed by atoms with Crippen molar-refractivity contribution in [3.63, 3.8) is 0 Å². The summed E-state index contributed by atoms with van der Waals surface area (Å²) in [6.45, 7) is 0. The number of carbonyl (C=O) groups is 1. The van der Waals surface area contributed by atoms with Crippen LogP contribution in [0.15, 0.2) is 22.6 Å². The molecule has 0 aromatic carbocycles. The summed E-state index contributed by atoms with van der Waals surface area (Å²) in [4.78, 5) is 14.2. The summed E-state index contributed by atoms with van der Waals surface area (Å²) >= 11 is 1.85. The molecule has 5 heteroatoms. The molecule has 3 rings (SSSR count). The molecule has 2 aromatic rings. The maximum Gasteiger partial charge on any atom is 0.373 e. The molecule has 21 heavy (non-hydrogen) atoms. The Kier molecular flexibility index (Phi) is 4.12. The SMILES string of the molecule is CNC(c1ccc(C(=O)OC)o1)c1cc2c(s1)CCCC2. The number of furan rings is 1. The summed E-state index contributed by atoms with van der Waals surface area (Å²) in [5, 5.41) is 3.28. The molecule has 0 bridgehead atoms. The summed E-state index contributed by atoms with van der Waals surface area (Å²) in [7, 11) is 3.26. The first-order chi connectivity index (χ1) is 10.2. The highest BCUT2D eigenvalue weighted by Gasteiger charge is 2.23. The minimum absolute atomic E-state index is 0.0148. The third kappa shape index (κ3) is 2.76. The number of nitrogens with one attached hydrogen (secondary N) is 1. The monoisotopic (exact) mass is 305 g/mol. The van der Waals surface area contributed by atoms with Crippen LogP contribution in [-0.2, 0) is 17.6 Å². The number of fused-ring (bicyclic) bond motifs is 1. The van der Waals surface area contributed by atoms with E-state index < -0.39 is 5.97 Å². The fourth-order valence-electron chi connectivity index (χ4n) is 2.80. The van der Waals surface area contributed by atoms with Crippen LogP contribution in [0.2, 0.25) is 0 Å². The average molecular weight is 305 g/mol. The van der Waals surface area contributed by atoms with Crippen molar-refractivity contribution in [2.24, 2.45) is 0 Å². The van der Waals surface area contributed by atoms with Gasteiger partial charge in [-0.2, -0.15) is 0 Å². The quantitative estimate of drug-likeness (QED) is 0.881. The Hall–Kier alpha value is -1.59. The van der Waals surface area contributed by atoms with Crippen LogP contribution < -0.4 is 5.32 Å². The van der Waals surface area contributed by atoms with Crippen molar-refractivity contribution >= 4 is 17.3 Å². The van der Waals surface area contributed by atoms with Gasteiger partial charge in [0.2, 0.25) is 5.76 Å². The Labute approximate surface area is 128 Å². The van der Waals surface area contributed by atoms with Gasteiger partial charge in [0, 0.05) is 9.75 Å². The number of carbonyl (C=O) groups excluding carboxylic acids is 1. The van der Waals surface area contributed by atoms with E-state index in [0.717, 1.165) is 5.76 Å². The predicted molar refractivity (Wildman–Crippen MR) is 81.9 cm³/mol. The number of methoxy groups -OCH3 is 1. The maximum absolute atomic E-state index is 11.5. The van der Waals surface area contributed by atoms with Crippen molar-refractivity contribution < 1.29 is 13.9 Å². The molecule has 112 valence electrons. The Morgan fingerprint density at radius 1 is 1.38 bits per heavy atom.